The van der Waals surface area contributed by atoms with Gasteiger partial charge in [-0.05, 0) is 94.0 Å². The molecule has 11 nitrogen and oxygen atoms in total. The Bertz CT molecular complexity index is 1630. The van der Waals surface area contributed by atoms with Crippen LogP contribution in [0.2, 0.25) is 0 Å². The molecule has 0 radical (unpaired) electrons. The maximum atomic E-state index is 13.2. The molecule has 0 unspecified atom stereocenters. The van der Waals surface area contributed by atoms with Crippen molar-refractivity contribution in [3.8, 4) is 11.5 Å². The number of nitrogens with one attached hydrogen (secondary N) is 3. The van der Waals surface area contributed by atoms with Crippen molar-refractivity contribution in [2.24, 2.45) is 11.8 Å². The van der Waals surface area contributed by atoms with Crippen molar-refractivity contribution in [1.29, 1.82) is 0 Å². The minimum atomic E-state index is -4.01. The first-order valence-electron chi connectivity index (χ1n) is 15.7. The van der Waals surface area contributed by atoms with Crippen LogP contribution in [0.1, 0.15) is 57.8 Å². The highest BCUT2D eigenvalue weighted by atomic mass is 32.2. The Kier molecular flexibility index (Phi) is 11.5. The highest BCUT2D eigenvalue weighted by Crippen LogP contribution is 2.31. The number of nitrogens with zero attached hydrogens (tertiary/aromatic N) is 1. The van der Waals surface area contributed by atoms with Gasteiger partial charge in [-0.25, -0.2) is 13.2 Å². The van der Waals surface area contributed by atoms with Gasteiger partial charge in [0.15, 0.2) is 5.75 Å². The molecule has 1 fully saturated rings. The second-order valence-corrected chi connectivity index (χ2v) is 14.6. The van der Waals surface area contributed by atoms with Crippen LogP contribution in [0.3, 0.4) is 0 Å². The van der Waals surface area contributed by atoms with E-state index in [1.54, 1.807) is 41.3 Å². The molecular formula is C35H44N4O7S. The molecule has 0 aromatic heterocycles. The monoisotopic (exact) mass is 664 g/mol. The number of likely N-dealkylation sites (tertiary alicyclic amines) is 1. The number of hydrogen-bond acceptors (Lipinski definition) is 7. The number of ether oxygens (including phenoxy) is 2. The van der Waals surface area contributed by atoms with Gasteiger partial charge in [0.25, 0.3) is 15.9 Å². The molecule has 3 aromatic rings. The second-order valence-electron chi connectivity index (χ2n) is 12.9. The number of rotatable bonds is 11. The lowest BCUT2D eigenvalue weighted by atomic mass is 9.96. The fraction of sp³-hybridized carbons (Fsp3) is 0.400. The fourth-order valence-electron chi connectivity index (χ4n) is 5.01. The number of amides is 3. The number of carbonyl (C=O) groups excluding carboxylic acids is 3. The van der Waals surface area contributed by atoms with Crippen molar-refractivity contribution in [3.63, 3.8) is 0 Å². The van der Waals surface area contributed by atoms with Gasteiger partial charge in [-0.3, -0.25) is 14.3 Å². The van der Waals surface area contributed by atoms with Crippen molar-refractivity contribution < 1.29 is 32.3 Å². The summed E-state index contributed by atoms with van der Waals surface area (Å²) in [6.07, 6.45) is 1.13. The van der Waals surface area contributed by atoms with E-state index in [1.807, 2.05) is 52.8 Å². The highest BCUT2D eigenvalue weighted by Gasteiger charge is 2.29. The molecule has 1 aliphatic rings. The molecule has 3 amide bonds. The molecule has 4 rings (SSSR count). The van der Waals surface area contributed by atoms with Gasteiger partial charge in [-0.2, -0.15) is 0 Å². The fourth-order valence-corrected chi connectivity index (χ4v) is 6.08. The summed E-state index contributed by atoms with van der Waals surface area (Å²) in [7, 11) is -4.01. The van der Waals surface area contributed by atoms with E-state index in [2.05, 4.69) is 15.4 Å². The Morgan fingerprint density at radius 2 is 1.51 bits per heavy atom. The van der Waals surface area contributed by atoms with Gasteiger partial charge in [0.1, 0.15) is 17.4 Å². The van der Waals surface area contributed by atoms with Gasteiger partial charge in [0.2, 0.25) is 5.91 Å². The van der Waals surface area contributed by atoms with Crippen LogP contribution in [0.4, 0.5) is 10.5 Å². The predicted octanol–water partition coefficient (Wildman–Crippen LogP) is 5.80. The van der Waals surface area contributed by atoms with Crippen LogP contribution >= 0.6 is 0 Å². The topological polar surface area (TPSA) is 143 Å². The summed E-state index contributed by atoms with van der Waals surface area (Å²) in [5.41, 5.74) is -0.0806. The molecule has 3 aromatic carbocycles. The van der Waals surface area contributed by atoms with Crippen LogP contribution in [0, 0.1) is 11.8 Å². The summed E-state index contributed by atoms with van der Waals surface area (Å²) in [6, 6.07) is 20.4. The van der Waals surface area contributed by atoms with Gasteiger partial charge in [-0.15, -0.1) is 0 Å². The molecule has 252 valence electrons. The van der Waals surface area contributed by atoms with Crippen LogP contribution in [0.15, 0.2) is 83.8 Å². The molecule has 1 aliphatic heterocycles. The van der Waals surface area contributed by atoms with Crippen LogP contribution in [-0.2, 0) is 19.6 Å². The average molecular weight is 665 g/mol. The quantitative estimate of drug-likeness (QED) is 0.235. The molecule has 1 atom stereocenters. The first-order chi connectivity index (χ1) is 22.2. The number of carbonyl (C=O) groups is 3. The molecule has 1 heterocycles. The third-order valence-corrected chi connectivity index (χ3v) is 8.98. The number of piperidine rings is 1. The summed E-state index contributed by atoms with van der Waals surface area (Å²) < 4.78 is 40.3. The van der Waals surface area contributed by atoms with Crippen molar-refractivity contribution in [2.75, 3.05) is 24.4 Å². The Balaban J connectivity index is 1.32. The highest BCUT2D eigenvalue weighted by molar-refractivity contribution is 7.92. The van der Waals surface area contributed by atoms with Crippen LogP contribution in [0.25, 0.3) is 0 Å². The van der Waals surface area contributed by atoms with Gasteiger partial charge >= 0.3 is 6.09 Å². The lowest BCUT2D eigenvalue weighted by Gasteiger charge is -2.33. The van der Waals surface area contributed by atoms with E-state index in [-0.39, 0.29) is 40.0 Å². The van der Waals surface area contributed by atoms with Gasteiger partial charge < -0.3 is 25.0 Å². The van der Waals surface area contributed by atoms with Crippen LogP contribution in [-0.4, -0.2) is 62.5 Å². The Hall–Kier alpha value is -4.58. The van der Waals surface area contributed by atoms with Crippen LogP contribution < -0.4 is 20.1 Å². The summed E-state index contributed by atoms with van der Waals surface area (Å²) in [5, 5.41) is 5.75. The number of para-hydroxylation sites is 3. The Morgan fingerprint density at radius 1 is 0.894 bits per heavy atom. The van der Waals surface area contributed by atoms with E-state index in [1.165, 1.54) is 24.3 Å². The third-order valence-electron chi connectivity index (χ3n) is 7.60. The zero-order valence-corrected chi connectivity index (χ0v) is 28.3. The molecular weight excluding hydrogens is 620 g/mol. The van der Waals surface area contributed by atoms with Crippen molar-refractivity contribution in [2.45, 2.75) is 64.0 Å². The molecule has 1 saturated heterocycles. The van der Waals surface area contributed by atoms with E-state index in [0.29, 0.717) is 31.1 Å². The number of hydrogen-bond donors (Lipinski definition) is 3. The summed E-state index contributed by atoms with van der Waals surface area (Å²) in [5.74, 6) is 0.0907. The maximum Gasteiger partial charge on any atom is 0.410 e. The number of sulfonamides is 1. The molecule has 0 spiro atoms. The molecule has 3 N–H and O–H groups in total. The van der Waals surface area contributed by atoms with E-state index < -0.39 is 27.6 Å². The van der Waals surface area contributed by atoms with Gasteiger partial charge in [0.05, 0.1) is 10.6 Å². The smallest absolute Gasteiger partial charge is 0.410 e. The summed E-state index contributed by atoms with van der Waals surface area (Å²) >= 11 is 0. The molecule has 12 heteroatoms. The van der Waals surface area contributed by atoms with Gasteiger partial charge in [-0.1, -0.05) is 44.2 Å². The van der Waals surface area contributed by atoms with E-state index in [4.69, 9.17) is 9.47 Å². The second kappa shape index (κ2) is 15.3. The van der Waals surface area contributed by atoms with Crippen molar-refractivity contribution in [3.05, 3.63) is 84.4 Å². The standard InChI is InChI=1S/C35H44N4O7S/c1-24(2)31(33(41)36-23-25-19-21-39(22-20-25)34(42)46-35(3,4)5)37-32(40)26-15-17-28(18-16-26)47(43,44)38-29-13-9-10-14-30(29)45-27-11-7-6-8-12-27/h6-18,24-25,31,38H,19-23H2,1-5H3,(H,36,41)(H,37,40)/t31-/m0/s1. The average Bonchev–Trinajstić information content (AvgIpc) is 3.03. The largest absolute Gasteiger partial charge is 0.455 e. The van der Waals surface area contributed by atoms with Gasteiger partial charge in [0, 0.05) is 25.2 Å². The normalized spacial score (nSPS) is 14.6. The molecule has 0 bridgehead atoms. The minimum absolute atomic E-state index is 0.0422. The third kappa shape index (κ3) is 10.2. The zero-order valence-electron chi connectivity index (χ0n) is 27.5. The number of anilines is 1. The predicted molar refractivity (Wildman–Crippen MR) is 180 cm³/mol. The molecule has 0 saturated carbocycles. The Labute approximate surface area is 277 Å². The van der Waals surface area contributed by atoms with Crippen molar-refractivity contribution >= 4 is 33.6 Å². The lowest BCUT2D eigenvalue weighted by Crippen LogP contribution is -2.51. The van der Waals surface area contributed by atoms with Crippen LogP contribution in [0.5, 0.6) is 11.5 Å². The van der Waals surface area contributed by atoms with E-state index >= 15 is 0 Å². The first kappa shape index (κ1) is 35.3. The molecule has 47 heavy (non-hydrogen) atoms. The zero-order chi connectivity index (χ0) is 34.2. The summed E-state index contributed by atoms with van der Waals surface area (Å²) in [6.45, 7) is 10.7. The summed E-state index contributed by atoms with van der Waals surface area (Å²) in [4.78, 5) is 40.2. The van der Waals surface area contributed by atoms with Crippen molar-refractivity contribution in [1.82, 2.24) is 15.5 Å². The lowest BCUT2D eigenvalue weighted by molar-refractivity contribution is -0.124. The van der Waals surface area contributed by atoms with E-state index in [0.717, 1.165) is 12.8 Å². The minimum Gasteiger partial charge on any atom is -0.455 e. The SMILES string of the molecule is CC(C)[C@H](NC(=O)c1ccc(S(=O)(=O)Nc2ccccc2Oc2ccccc2)cc1)C(=O)NCC1CCN(C(=O)OC(C)(C)C)CC1. The van der Waals surface area contributed by atoms with E-state index in [9.17, 15) is 22.8 Å². The molecule has 0 aliphatic carbocycles. The maximum absolute atomic E-state index is 13.2. The Morgan fingerprint density at radius 3 is 2.13 bits per heavy atom. The first-order valence-corrected chi connectivity index (χ1v) is 17.2. The number of benzene rings is 3.